The third-order valence-corrected chi connectivity index (χ3v) is 4.15. The molecule has 0 amide bonds. The molecule has 0 heterocycles. The van der Waals surface area contributed by atoms with Crippen molar-refractivity contribution in [2.24, 2.45) is 4.99 Å². The minimum atomic E-state index is -0.863. The summed E-state index contributed by atoms with van der Waals surface area (Å²) in [5.74, 6) is 1.94. The second-order valence-corrected chi connectivity index (χ2v) is 6.12. The van der Waals surface area contributed by atoms with Crippen LogP contribution in [0.5, 0.6) is 0 Å². The van der Waals surface area contributed by atoms with Gasteiger partial charge in [0.15, 0.2) is 5.96 Å². The number of nitrogens with zero attached hydrogens (tertiary/aromatic N) is 1. The van der Waals surface area contributed by atoms with E-state index in [2.05, 4.69) is 15.6 Å². The van der Waals surface area contributed by atoms with Crippen LogP contribution in [-0.2, 0) is 21.3 Å². The van der Waals surface area contributed by atoms with Gasteiger partial charge < -0.3 is 15.4 Å². The maximum absolute atomic E-state index is 12.0. The van der Waals surface area contributed by atoms with Crippen molar-refractivity contribution in [1.82, 2.24) is 10.6 Å². The van der Waals surface area contributed by atoms with E-state index in [-0.39, 0.29) is 24.0 Å². The summed E-state index contributed by atoms with van der Waals surface area (Å²) in [6, 6.07) is 9.91. The molecule has 0 fully saturated rings. The monoisotopic (exact) mass is 439 g/mol. The van der Waals surface area contributed by atoms with Gasteiger partial charge in [-0.1, -0.05) is 30.3 Å². The Bertz CT molecular complexity index is 444. The van der Waals surface area contributed by atoms with Gasteiger partial charge in [-0.15, -0.1) is 24.0 Å². The molecule has 1 aromatic carbocycles. The van der Waals surface area contributed by atoms with E-state index in [1.54, 1.807) is 14.2 Å². The fourth-order valence-corrected chi connectivity index (χ4v) is 2.80. The van der Waals surface area contributed by atoms with E-state index in [0.29, 0.717) is 18.1 Å². The van der Waals surface area contributed by atoms with Crippen molar-refractivity contribution in [3.63, 3.8) is 0 Å². The standard InChI is InChI=1S/C15H25N3O2S.HI/c1-16-15(17-9-6-11-20-2)18-10-12-21(19)13-14-7-4-3-5-8-14;/h3-5,7-8H,6,9-13H2,1-2H3,(H2,16,17,18);1H. The van der Waals surface area contributed by atoms with Gasteiger partial charge in [0.05, 0.1) is 0 Å². The van der Waals surface area contributed by atoms with Crippen molar-refractivity contribution in [2.45, 2.75) is 12.2 Å². The number of aliphatic imine (C=N–C) groups is 1. The van der Waals surface area contributed by atoms with Gasteiger partial charge in [0.2, 0.25) is 0 Å². The van der Waals surface area contributed by atoms with Crippen LogP contribution in [0.25, 0.3) is 0 Å². The number of methoxy groups -OCH3 is 1. The highest BCUT2D eigenvalue weighted by atomic mass is 127. The second-order valence-electron chi connectivity index (χ2n) is 4.55. The number of benzene rings is 1. The maximum atomic E-state index is 12.0. The lowest BCUT2D eigenvalue weighted by Crippen LogP contribution is -2.39. The zero-order chi connectivity index (χ0) is 15.3. The first-order valence-electron chi connectivity index (χ1n) is 7.08. The van der Waals surface area contributed by atoms with Crippen LogP contribution >= 0.6 is 24.0 Å². The maximum Gasteiger partial charge on any atom is 0.191 e. The minimum Gasteiger partial charge on any atom is -0.385 e. The molecule has 7 heteroatoms. The molecule has 1 rings (SSSR count). The van der Waals surface area contributed by atoms with E-state index in [1.165, 1.54) is 0 Å². The van der Waals surface area contributed by atoms with Gasteiger partial charge in [0.1, 0.15) is 0 Å². The zero-order valence-electron chi connectivity index (χ0n) is 13.2. The van der Waals surface area contributed by atoms with Crippen LogP contribution in [0.15, 0.2) is 35.3 Å². The largest absolute Gasteiger partial charge is 0.385 e. The van der Waals surface area contributed by atoms with Crippen LogP contribution in [0.2, 0.25) is 0 Å². The second kappa shape index (κ2) is 14.0. The predicted molar refractivity (Wildman–Crippen MR) is 104 cm³/mol. The molecule has 0 aromatic heterocycles. The molecule has 1 unspecified atom stereocenters. The molecule has 2 N–H and O–H groups in total. The van der Waals surface area contributed by atoms with Crippen molar-refractivity contribution in [2.75, 3.05) is 39.6 Å². The van der Waals surface area contributed by atoms with Crippen molar-refractivity contribution >= 4 is 40.7 Å². The van der Waals surface area contributed by atoms with E-state index in [4.69, 9.17) is 4.74 Å². The summed E-state index contributed by atoms with van der Waals surface area (Å²) in [7, 11) is 2.55. The Kier molecular flexibility index (Phi) is 13.5. The molecule has 0 spiro atoms. The molecule has 126 valence electrons. The van der Waals surface area contributed by atoms with Gasteiger partial charge in [-0.2, -0.15) is 0 Å². The first-order valence-corrected chi connectivity index (χ1v) is 8.57. The Morgan fingerprint density at radius 2 is 1.91 bits per heavy atom. The molecule has 1 aromatic rings. The molecule has 0 aliphatic heterocycles. The Labute approximate surface area is 152 Å². The van der Waals surface area contributed by atoms with E-state index >= 15 is 0 Å². The molecule has 22 heavy (non-hydrogen) atoms. The number of halogens is 1. The van der Waals surface area contributed by atoms with Crippen LogP contribution < -0.4 is 10.6 Å². The molecule has 0 bridgehead atoms. The molecule has 0 saturated carbocycles. The van der Waals surface area contributed by atoms with Gasteiger partial charge in [0, 0.05) is 56.2 Å². The molecule has 0 aliphatic rings. The highest BCUT2D eigenvalue weighted by Crippen LogP contribution is 2.02. The fraction of sp³-hybridized carbons (Fsp3) is 0.533. The summed E-state index contributed by atoms with van der Waals surface area (Å²) in [5, 5.41) is 6.36. The Balaban J connectivity index is 0.00000441. The van der Waals surface area contributed by atoms with Gasteiger partial charge >= 0.3 is 0 Å². The van der Waals surface area contributed by atoms with Crippen molar-refractivity contribution in [1.29, 1.82) is 0 Å². The fourth-order valence-electron chi connectivity index (χ4n) is 1.76. The predicted octanol–water partition coefficient (Wildman–Crippen LogP) is 1.75. The average molecular weight is 439 g/mol. The summed E-state index contributed by atoms with van der Waals surface area (Å²) in [6.45, 7) is 2.18. The molecular weight excluding hydrogens is 413 g/mol. The lowest BCUT2D eigenvalue weighted by atomic mass is 10.2. The first-order chi connectivity index (χ1) is 10.3. The van der Waals surface area contributed by atoms with E-state index < -0.39 is 10.8 Å². The molecule has 0 saturated heterocycles. The number of ether oxygens (including phenoxy) is 1. The molecule has 5 nitrogen and oxygen atoms in total. The van der Waals surface area contributed by atoms with Crippen LogP contribution in [0.1, 0.15) is 12.0 Å². The lowest BCUT2D eigenvalue weighted by molar-refractivity contribution is 0.195. The minimum absolute atomic E-state index is 0. The summed E-state index contributed by atoms with van der Waals surface area (Å²) in [4.78, 5) is 4.12. The van der Waals surface area contributed by atoms with Crippen molar-refractivity contribution in [3.05, 3.63) is 35.9 Å². The third-order valence-electron chi connectivity index (χ3n) is 2.83. The quantitative estimate of drug-likeness (QED) is 0.267. The molecule has 1 atom stereocenters. The van der Waals surface area contributed by atoms with Gasteiger partial charge in [0.25, 0.3) is 0 Å². The van der Waals surface area contributed by atoms with E-state index in [9.17, 15) is 4.21 Å². The normalized spacial score (nSPS) is 12.4. The van der Waals surface area contributed by atoms with E-state index in [0.717, 1.165) is 31.1 Å². The smallest absolute Gasteiger partial charge is 0.191 e. The summed E-state index contributed by atoms with van der Waals surface area (Å²) >= 11 is 0. The first kappa shape index (κ1) is 21.3. The number of hydrogen-bond donors (Lipinski definition) is 2. The topological polar surface area (TPSA) is 62.7 Å². The summed E-state index contributed by atoms with van der Waals surface area (Å²) in [5.41, 5.74) is 1.11. The van der Waals surface area contributed by atoms with Crippen LogP contribution in [0.4, 0.5) is 0 Å². The molecule has 0 aliphatic carbocycles. The van der Waals surface area contributed by atoms with Gasteiger partial charge in [-0.3, -0.25) is 9.20 Å². The van der Waals surface area contributed by atoms with Crippen molar-refractivity contribution in [3.8, 4) is 0 Å². The molecular formula is C15H26IN3O2S. The van der Waals surface area contributed by atoms with Crippen LogP contribution in [0.3, 0.4) is 0 Å². The highest BCUT2D eigenvalue weighted by molar-refractivity contribution is 14.0. The average Bonchev–Trinajstić information content (AvgIpc) is 2.50. The number of hydrogen-bond acceptors (Lipinski definition) is 3. The third kappa shape index (κ3) is 10.1. The number of guanidine groups is 1. The molecule has 0 radical (unpaired) electrons. The van der Waals surface area contributed by atoms with Crippen LogP contribution in [-0.4, -0.2) is 49.8 Å². The van der Waals surface area contributed by atoms with E-state index in [1.807, 2.05) is 30.3 Å². The summed E-state index contributed by atoms with van der Waals surface area (Å²) < 4.78 is 17.0. The van der Waals surface area contributed by atoms with Gasteiger partial charge in [-0.05, 0) is 12.0 Å². The SMILES string of the molecule is CN=C(NCCCOC)NCCS(=O)Cc1ccccc1.I. The Hall–Kier alpha value is -0.670. The number of nitrogens with one attached hydrogen (secondary N) is 2. The zero-order valence-corrected chi connectivity index (χ0v) is 16.4. The Morgan fingerprint density at radius 3 is 2.55 bits per heavy atom. The lowest BCUT2D eigenvalue weighted by Gasteiger charge is -2.11. The number of rotatable bonds is 9. The highest BCUT2D eigenvalue weighted by Gasteiger charge is 2.02. The summed E-state index contributed by atoms with van der Waals surface area (Å²) in [6.07, 6.45) is 0.928. The van der Waals surface area contributed by atoms with Crippen molar-refractivity contribution < 1.29 is 8.95 Å². The van der Waals surface area contributed by atoms with Gasteiger partial charge in [-0.25, -0.2) is 0 Å². The van der Waals surface area contributed by atoms with Crippen LogP contribution in [0, 0.1) is 0 Å². The Morgan fingerprint density at radius 1 is 1.23 bits per heavy atom.